The number of benzene rings is 2. The highest BCUT2D eigenvalue weighted by Gasteiger charge is 2.08. The third-order valence-electron chi connectivity index (χ3n) is 3.32. The highest BCUT2D eigenvalue weighted by Crippen LogP contribution is 2.27. The number of aryl methyl sites for hydroxylation is 2. The summed E-state index contributed by atoms with van der Waals surface area (Å²) >= 11 is 6.23. The van der Waals surface area contributed by atoms with Crippen LogP contribution >= 0.6 is 11.6 Å². The van der Waals surface area contributed by atoms with Gasteiger partial charge in [-0.25, -0.2) is 4.98 Å². The van der Waals surface area contributed by atoms with Gasteiger partial charge in [-0.2, -0.15) is 0 Å². The van der Waals surface area contributed by atoms with Gasteiger partial charge in [0.05, 0.1) is 10.5 Å². The second-order valence-electron chi connectivity index (χ2n) is 4.78. The minimum atomic E-state index is 0.697. The molecule has 0 amide bonds. The maximum Gasteiger partial charge on any atom is 0.138 e. The van der Waals surface area contributed by atoms with Crippen LogP contribution in [0.4, 0.5) is 0 Å². The Morgan fingerprint density at radius 1 is 1.16 bits per heavy atom. The first-order valence-corrected chi connectivity index (χ1v) is 6.80. The lowest BCUT2D eigenvalue weighted by molar-refractivity contribution is 1.14. The van der Waals surface area contributed by atoms with Crippen molar-refractivity contribution in [3.05, 3.63) is 52.5 Å². The Morgan fingerprint density at radius 3 is 2.58 bits per heavy atom. The van der Waals surface area contributed by atoms with E-state index in [9.17, 15) is 0 Å². The standard InChI is InChI=1S/C16H15ClN2/c1-3-11-4-6-12(7-5-11)16-18-14-9-10(2)8-13(17)15(14)19-16/h4-9H,3H2,1-2H3,(H,18,19). The molecule has 3 aromatic rings. The zero-order valence-corrected chi connectivity index (χ0v) is 11.8. The lowest BCUT2D eigenvalue weighted by Crippen LogP contribution is -1.82. The molecule has 3 heteroatoms. The van der Waals surface area contributed by atoms with Crippen LogP contribution in [0.5, 0.6) is 0 Å². The number of nitrogens with one attached hydrogen (secondary N) is 1. The van der Waals surface area contributed by atoms with Gasteiger partial charge in [0.2, 0.25) is 0 Å². The molecule has 0 saturated carbocycles. The number of nitrogens with zero attached hydrogens (tertiary/aromatic N) is 1. The largest absolute Gasteiger partial charge is 0.338 e. The fourth-order valence-electron chi connectivity index (χ4n) is 2.25. The molecule has 0 aliphatic rings. The number of aromatic nitrogens is 2. The van der Waals surface area contributed by atoms with Crippen molar-refractivity contribution in [1.82, 2.24) is 9.97 Å². The monoisotopic (exact) mass is 270 g/mol. The number of H-pyrrole nitrogens is 1. The SMILES string of the molecule is CCc1ccc(-c2nc3c(Cl)cc(C)cc3[nH]2)cc1. The van der Waals surface area contributed by atoms with Crippen LogP contribution in [-0.4, -0.2) is 9.97 Å². The number of imidazole rings is 1. The second kappa shape index (κ2) is 4.71. The zero-order valence-electron chi connectivity index (χ0n) is 11.0. The highest BCUT2D eigenvalue weighted by molar-refractivity contribution is 6.35. The van der Waals surface area contributed by atoms with Crippen LogP contribution in [0.1, 0.15) is 18.1 Å². The number of aromatic amines is 1. The molecule has 2 nitrogen and oxygen atoms in total. The molecule has 3 rings (SSSR count). The van der Waals surface area contributed by atoms with Gasteiger partial charge < -0.3 is 4.98 Å². The topological polar surface area (TPSA) is 28.7 Å². The predicted octanol–water partition coefficient (Wildman–Crippen LogP) is 4.75. The van der Waals surface area contributed by atoms with Crippen LogP contribution < -0.4 is 0 Å². The van der Waals surface area contributed by atoms with Crippen molar-refractivity contribution in [2.45, 2.75) is 20.3 Å². The van der Waals surface area contributed by atoms with Crippen molar-refractivity contribution < 1.29 is 0 Å². The molecule has 96 valence electrons. The van der Waals surface area contributed by atoms with Gasteiger partial charge in [-0.3, -0.25) is 0 Å². The van der Waals surface area contributed by atoms with Crippen molar-refractivity contribution in [1.29, 1.82) is 0 Å². The maximum absolute atomic E-state index is 6.23. The van der Waals surface area contributed by atoms with Gasteiger partial charge in [0, 0.05) is 5.56 Å². The molecule has 0 bridgehead atoms. The van der Waals surface area contributed by atoms with Gasteiger partial charge in [0.25, 0.3) is 0 Å². The molecule has 0 fully saturated rings. The molecular formula is C16H15ClN2. The molecule has 0 aliphatic carbocycles. The maximum atomic E-state index is 6.23. The number of hydrogen-bond acceptors (Lipinski definition) is 1. The minimum absolute atomic E-state index is 0.697. The summed E-state index contributed by atoms with van der Waals surface area (Å²) in [5.74, 6) is 0.866. The third kappa shape index (κ3) is 2.24. The molecule has 1 N–H and O–H groups in total. The average molecular weight is 271 g/mol. The Kier molecular flexibility index (Phi) is 3.03. The summed E-state index contributed by atoms with van der Waals surface area (Å²) in [6.07, 6.45) is 1.05. The molecule has 0 radical (unpaired) electrons. The van der Waals surface area contributed by atoms with Gasteiger partial charge in [-0.1, -0.05) is 42.8 Å². The number of hydrogen-bond donors (Lipinski definition) is 1. The Balaban J connectivity index is 2.12. The van der Waals surface area contributed by atoms with Gasteiger partial charge in [0.15, 0.2) is 0 Å². The number of fused-ring (bicyclic) bond motifs is 1. The molecular weight excluding hydrogens is 256 g/mol. The Bertz CT molecular complexity index is 726. The molecule has 19 heavy (non-hydrogen) atoms. The van der Waals surface area contributed by atoms with E-state index in [1.807, 2.05) is 13.0 Å². The van der Waals surface area contributed by atoms with E-state index in [2.05, 4.69) is 47.2 Å². The molecule has 0 unspecified atom stereocenters. The number of rotatable bonds is 2. The summed E-state index contributed by atoms with van der Waals surface area (Å²) in [6.45, 7) is 4.18. The third-order valence-corrected chi connectivity index (χ3v) is 3.61. The molecule has 0 aliphatic heterocycles. The van der Waals surface area contributed by atoms with Gasteiger partial charge >= 0.3 is 0 Å². The highest BCUT2D eigenvalue weighted by atomic mass is 35.5. The van der Waals surface area contributed by atoms with Crippen LogP contribution in [0.25, 0.3) is 22.4 Å². The van der Waals surface area contributed by atoms with E-state index in [0.717, 1.165) is 34.4 Å². The van der Waals surface area contributed by atoms with Crippen molar-refractivity contribution >= 4 is 22.6 Å². The van der Waals surface area contributed by atoms with E-state index < -0.39 is 0 Å². The lowest BCUT2D eigenvalue weighted by Gasteiger charge is -1.98. The first-order chi connectivity index (χ1) is 9.17. The molecule has 2 aromatic carbocycles. The summed E-state index contributed by atoms with van der Waals surface area (Å²) in [4.78, 5) is 7.93. The number of halogens is 1. The van der Waals surface area contributed by atoms with Gasteiger partial charge in [-0.15, -0.1) is 0 Å². The minimum Gasteiger partial charge on any atom is -0.338 e. The van der Waals surface area contributed by atoms with Crippen molar-refractivity contribution in [2.24, 2.45) is 0 Å². The molecule has 0 atom stereocenters. The van der Waals surface area contributed by atoms with Crippen LogP contribution in [0.2, 0.25) is 5.02 Å². The summed E-state index contributed by atoms with van der Waals surface area (Å²) in [5.41, 5.74) is 5.37. The molecule has 0 spiro atoms. The lowest BCUT2D eigenvalue weighted by atomic mass is 10.1. The van der Waals surface area contributed by atoms with E-state index in [-0.39, 0.29) is 0 Å². The first-order valence-electron chi connectivity index (χ1n) is 6.42. The van der Waals surface area contributed by atoms with Crippen molar-refractivity contribution in [3.63, 3.8) is 0 Å². The smallest absolute Gasteiger partial charge is 0.138 e. The average Bonchev–Trinajstić information content (AvgIpc) is 2.83. The Morgan fingerprint density at radius 2 is 1.89 bits per heavy atom. The summed E-state index contributed by atoms with van der Waals surface area (Å²) in [5, 5.41) is 0.697. The van der Waals surface area contributed by atoms with E-state index in [4.69, 9.17) is 11.6 Å². The molecule has 1 heterocycles. The van der Waals surface area contributed by atoms with Crippen LogP contribution in [0, 0.1) is 6.92 Å². The Hall–Kier alpha value is -1.80. The fourth-order valence-corrected chi connectivity index (χ4v) is 2.56. The fraction of sp³-hybridized carbons (Fsp3) is 0.188. The summed E-state index contributed by atoms with van der Waals surface area (Å²) in [7, 11) is 0. The van der Waals surface area contributed by atoms with E-state index in [1.165, 1.54) is 5.56 Å². The van der Waals surface area contributed by atoms with Gasteiger partial charge in [0.1, 0.15) is 11.3 Å². The van der Waals surface area contributed by atoms with Crippen molar-refractivity contribution in [2.75, 3.05) is 0 Å². The van der Waals surface area contributed by atoms with E-state index in [0.29, 0.717) is 5.02 Å². The molecule has 1 aromatic heterocycles. The van der Waals surface area contributed by atoms with Crippen LogP contribution in [-0.2, 0) is 6.42 Å². The molecule has 0 saturated heterocycles. The first kappa shape index (κ1) is 12.2. The normalized spacial score (nSPS) is 11.1. The summed E-state index contributed by atoms with van der Waals surface area (Å²) < 4.78 is 0. The Labute approximate surface area is 117 Å². The second-order valence-corrected chi connectivity index (χ2v) is 5.19. The van der Waals surface area contributed by atoms with Crippen molar-refractivity contribution in [3.8, 4) is 11.4 Å². The van der Waals surface area contributed by atoms with E-state index in [1.54, 1.807) is 0 Å². The van der Waals surface area contributed by atoms with Crippen LogP contribution in [0.15, 0.2) is 36.4 Å². The predicted molar refractivity (Wildman–Crippen MR) is 80.7 cm³/mol. The van der Waals surface area contributed by atoms with Crippen LogP contribution in [0.3, 0.4) is 0 Å². The quantitative estimate of drug-likeness (QED) is 0.715. The summed E-state index contributed by atoms with van der Waals surface area (Å²) in [6, 6.07) is 12.5. The van der Waals surface area contributed by atoms with E-state index >= 15 is 0 Å². The zero-order chi connectivity index (χ0) is 13.4. The van der Waals surface area contributed by atoms with Gasteiger partial charge in [-0.05, 0) is 36.6 Å².